The minimum atomic E-state index is -0.996. The van der Waals surface area contributed by atoms with Crippen LogP contribution in [-0.4, -0.2) is 11.2 Å². The lowest BCUT2D eigenvalue weighted by Crippen LogP contribution is -2.33. The first kappa shape index (κ1) is 13.7. The van der Waals surface area contributed by atoms with E-state index in [0.717, 1.165) is 16.9 Å². The van der Waals surface area contributed by atoms with Crippen molar-refractivity contribution in [2.75, 3.05) is 0 Å². The standard InChI is InChI=1S/C16H16O2S/c17-16(18)15(19-14-9-5-2-6-10-14)12-11-13-7-3-1-4-8-13/h1-10,15H,11-12H2,(H,17,18)/p-1. The van der Waals surface area contributed by atoms with Crippen LogP contribution < -0.4 is 5.11 Å². The summed E-state index contributed by atoms with van der Waals surface area (Å²) in [5, 5.41) is 10.7. The van der Waals surface area contributed by atoms with E-state index in [4.69, 9.17) is 0 Å². The number of carbonyl (C=O) groups is 1. The van der Waals surface area contributed by atoms with Gasteiger partial charge in [0.2, 0.25) is 0 Å². The first-order chi connectivity index (χ1) is 9.25. The van der Waals surface area contributed by atoms with Gasteiger partial charge >= 0.3 is 0 Å². The average molecular weight is 271 g/mol. The van der Waals surface area contributed by atoms with Crippen LogP contribution in [0.15, 0.2) is 65.6 Å². The number of hydrogen-bond donors (Lipinski definition) is 0. The van der Waals surface area contributed by atoms with Crippen molar-refractivity contribution < 1.29 is 9.90 Å². The molecule has 0 bridgehead atoms. The third-order valence-electron chi connectivity index (χ3n) is 2.82. The van der Waals surface area contributed by atoms with Crippen molar-refractivity contribution >= 4 is 17.7 Å². The lowest BCUT2D eigenvalue weighted by Gasteiger charge is -2.17. The Labute approximate surface area is 117 Å². The van der Waals surface area contributed by atoms with Crippen molar-refractivity contribution in [3.05, 3.63) is 66.2 Å². The van der Waals surface area contributed by atoms with E-state index in [1.54, 1.807) is 0 Å². The van der Waals surface area contributed by atoms with Gasteiger partial charge in [0, 0.05) is 10.1 Å². The van der Waals surface area contributed by atoms with E-state index in [-0.39, 0.29) is 0 Å². The Hall–Kier alpha value is -1.74. The van der Waals surface area contributed by atoms with E-state index in [1.807, 2.05) is 60.7 Å². The molecule has 98 valence electrons. The fourth-order valence-electron chi connectivity index (χ4n) is 1.83. The molecule has 0 N–H and O–H groups in total. The molecule has 2 aromatic rings. The summed E-state index contributed by atoms with van der Waals surface area (Å²) in [5.74, 6) is -0.996. The first-order valence-electron chi connectivity index (χ1n) is 6.22. The molecule has 0 fully saturated rings. The van der Waals surface area contributed by atoms with Crippen LogP contribution in [0.25, 0.3) is 0 Å². The van der Waals surface area contributed by atoms with Gasteiger partial charge in [0.05, 0.1) is 5.97 Å². The Bertz CT molecular complexity index is 511. The Balaban J connectivity index is 1.95. The van der Waals surface area contributed by atoms with Crippen LogP contribution in [0.4, 0.5) is 0 Å². The van der Waals surface area contributed by atoms with E-state index in [1.165, 1.54) is 11.8 Å². The van der Waals surface area contributed by atoms with Crippen molar-refractivity contribution in [3.8, 4) is 0 Å². The largest absolute Gasteiger partial charge is 0.549 e. The fourth-order valence-corrected chi connectivity index (χ4v) is 2.81. The SMILES string of the molecule is O=C([O-])C(CCc1ccccc1)Sc1ccccc1. The third-order valence-corrected chi connectivity index (χ3v) is 4.08. The molecule has 0 saturated carbocycles. The van der Waals surface area contributed by atoms with Crippen LogP contribution in [0.2, 0.25) is 0 Å². The molecule has 0 aliphatic rings. The van der Waals surface area contributed by atoms with E-state index in [9.17, 15) is 9.90 Å². The highest BCUT2D eigenvalue weighted by Crippen LogP contribution is 2.25. The lowest BCUT2D eigenvalue weighted by molar-refractivity contribution is -0.304. The summed E-state index contributed by atoms with van der Waals surface area (Å²) in [5.41, 5.74) is 1.16. The van der Waals surface area contributed by atoms with Crippen molar-refractivity contribution in [2.24, 2.45) is 0 Å². The van der Waals surface area contributed by atoms with Crippen molar-refractivity contribution in [1.29, 1.82) is 0 Å². The Morgan fingerprint density at radius 3 is 2.16 bits per heavy atom. The lowest BCUT2D eigenvalue weighted by atomic mass is 10.1. The Morgan fingerprint density at radius 2 is 1.58 bits per heavy atom. The molecule has 1 unspecified atom stereocenters. The zero-order valence-electron chi connectivity index (χ0n) is 10.5. The molecule has 2 aromatic carbocycles. The highest BCUT2D eigenvalue weighted by Gasteiger charge is 2.11. The van der Waals surface area contributed by atoms with Gasteiger partial charge in [0.15, 0.2) is 0 Å². The summed E-state index contributed by atoms with van der Waals surface area (Å²) >= 11 is 1.35. The molecule has 19 heavy (non-hydrogen) atoms. The number of aliphatic carboxylic acids is 1. The number of benzene rings is 2. The molecule has 0 amide bonds. The number of rotatable bonds is 6. The molecule has 0 saturated heterocycles. The normalized spacial score (nSPS) is 12.0. The van der Waals surface area contributed by atoms with Crippen LogP contribution in [0.5, 0.6) is 0 Å². The number of carboxylic acid groups (broad SMARTS) is 1. The van der Waals surface area contributed by atoms with Crippen molar-refractivity contribution in [1.82, 2.24) is 0 Å². The number of hydrogen-bond acceptors (Lipinski definition) is 3. The second kappa shape index (κ2) is 7.00. The van der Waals surface area contributed by atoms with Crippen LogP contribution in [-0.2, 0) is 11.2 Å². The third kappa shape index (κ3) is 4.45. The van der Waals surface area contributed by atoms with Crippen LogP contribution in [0.3, 0.4) is 0 Å². The van der Waals surface area contributed by atoms with Gasteiger partial charge in [-0.2, -0.15) is 0 Å². The van der Waals surface area contributed by atoms with Gasteiger partial charge < -0.3 is 9.90 Å². The van der Waals surface area contributed by atoms with E-state index in [2.05, 4.69) is 0 Å². The summed E-state index contributed by atoms with van der Waals surface area (Å²) in [6.07, 6.45) is 1.32. The van der Waals surface area contributed by atoms with Crippen LogP contribution in [0, 0.1) is 0 Å². The van der Waals surface area contributed by atoms with Gasteiger partial charge in [-0.1, -0.05) is 48.5 Å². The molecular formula is C16H15O2S-. The maximum atomic E-state index is 11.2. The van der Waals surface area contributed by atoms with Gasteiger partial charge in [-0.05, 0) is 30.5 Å². The van der Waals surface area contributed by atoms with E-state index >= 15 is 0 Å². The quantitative estimate of drug-likeness (QED) is 0.758. The number of aryl methyl sites for hydroxylation is 1. The zero-order valence-corrected chi connectivity index (χ0v) is 11.3. The summed E-state index contributed by atoms with van der Waals surface area (Å²) < 4.78 is 0. The number of carbonyl (C=O) groups excluding carboxylic acids is 1. The van der Waals surface area contributed by atoms with Crippen molar-refractivity contribution in [2.45, 2.75) is 23.0 Å². The summed E-state index contributed by atoms with van der Waals surface area (Å²) in [7, 11) is 0. The average Bonchev–Trinajstić information content (AvgIpc) is 2.45. The maximum Gasteiger partial charge on any atom is 0.0548 e. The molecule has 0 aromatic heterocycles. The smallest absolute Gasteiger partial charge is 0.0548 e. The minimum Gasteiger partial charge on any atom is -0.549 e. The monoisotopic (exact) mass is 271 g/mol. The molecule has 0 spiro atoms. The summed E-state index contributed by atoms with van der Waals surface area (Å²) in [6.45, 7) is 0. The van der Waals surface area contributed by atoms with Crippen molar-refractivity contribution in [3.63, 3.8) is 0 Å². The molecule has 0 radical (unpaired) electrons. The first-order valence-corrected chi connectivity index (χ1v) is 7.10. The second-order valence-electron chi connectivity index (χ2n) is 4.26. The van der Waals surface area contributed by atoms with Gasteiger partial charge in [-0.3, -0.25) is 0 Å². The molecular weight excluding hydrogens is 256 g/mol. The zero-order chi connectivity index (χ0) is 13.5. The molecule has 3 heteroatoms. The fraction of sp³-hybridized carbons (Fsp3) is 0.188. The summed E-state index contributed by atoms with van der Waals surface area (Å²) in [6, 6.07) is 19.5. The van der Waals surface area contributed by atoms with Crippen LogP contribution in [0.1, 0.15) is 12.0 Å². The minimum absolute atomic E-state index is 0.511. The molecule has 0 heterocycles. The molecule has 1 atom stereocenters. The Kier molecular flexibility index (Phi) is 5.04. The summed E-state index contributed by atoms with van der Waals surface area (Å²) in [4.78, 5) is 12.2. The van der Waals surface area contributed by atoms with Gasteiger partial charge in [0.1, 0.15) is 0 Å². The highest BCUT2D eigenvalue weighted by molar-refractivity contribution is 8.00. The number of carboxylic acids is 1. The predicted molar refractivity (Wildman–Crippen MR) is 75.9 cm³/mol. The second-order valence-corrected chi connectivity index (χ2v) is 5.54. The molecule has 0 aliphatic carbocycles. The molecule has 2 nitrogen and oxygen atoms in total. The molecule has 2 rings (SSSR count). The van der Waals surface area contributed by atoms with E-state index < -0.39 is 11.2 Å². The van der Waals surface area contributed by atoms with E-state index in [0.29, 0.717) is 6.42 Å². The molecule has 0 aliphatic heterocycles. The predicted octanol–water partition coefficient (Wildman–Crippen LogP) is 2.53. The topological polar surface area (TPSA) is 40.1 Å². The maximum absolute atomic E-state index is 11.2. The van der Waals surface area contributed by atoms with Crippen LogP contribution >= 0.6 is 11.8 Å². The highest BCUT2D eigenvalue weighted by atomic mass is 32.2. The van der Waals surface area contributed by atoms with Gasteiger partial charge in [0.25, 0.3) is 0 Å². The Morgan fingerprint density at radius 1 is 1.00 bits per heavy atom. The number of thioether (sulfide) groups is 1. The van der Waals surface area contributed by atoms with Gasteiger partial charge in [-0.25, -0.2) is 0 Å². The van der Waals surface area contributed by atoms with Gasteiger partial charge in [-0.15, -0.1) is 11.8 Å².